The fraction of sp³-hybridized carbons (Fsp3) is 0.273. The molecule has 18 heavy (non-hydrogen) atoms. The molecule has 1 rings (SSSR count). The third kappa shape index (κ3) is 3.66. The second-order valence-corrected chi connectivity index (χ2v) is 3.37. The number of benzene rings is 1. The van der Waals surface area contributed by atoms with Gasteiger partial charge in [-0.25, -0.2) is 0 Å². The standard InChI is InChI=1S/C11H10F3N3O/c12-11(13,14)10-2-1-9(5-8(10)6-15)17-4-3-16-7-18/h1-2,5,7,17H,3-4H2,(H,16,18). The fourth-order valence-corrected chi connectivity index (χ4v) is 1.33. The van der Waals surface area contributed by atoms with E-state index >= 15 is 0 Å². The first kappa shape index (κ1) is 13.8. The molecule has 0 spiro atoms. The van der Waals surface area contributed by atoms with Crippen LogP contribution in [0.5, 0.6) is 0 Å². The Morgan fingerprint density at radius 1 is 1.33 bits per heavy atom. The summed E-state index contributed by atoms with van der Waals surface area (Å²) in [7, 11) is 0. The molecule has 0 saturated carbocycles. The van der Waals surface area contributed by atoms with E-state index in [1.165, 1.54) is 12.1 Å². The number of carbonyl (C=O) groups excluding carboxylic acids is 1. The Bertz CT molecular complexity index is 466. The fourth-order valence-electron chi connectivity index (χ4n) is 1.33. The van der Waals surface area contributed by atoms with Crippen LogP contribution in [0.15, 0.2) is 18.2 Å². The molecule has 0 radical (unpaired) electrons. The first-order valence-electron chi connectivity index (χ1n) is 5.01. The molecule has 2 N–H and O–H groups in total. The highest BCUT2D eigenvalue weighted by molar-refractivity contribution is 5.53. The Morgan fingerprint density at radius 2 is 2.06 bits per heavy atom. The predicted octanol–water partition coefficient (Wildman–Crippen LogP) is 1.73. The van der Waals surface area contributed by atoms with Crippen molar-refractivity contribution in [3.05, 3.63) is 29.3 Å². The first-order chi connectivity index (χ1) is 8.49. The minimum absolute atomic E-state index is 0.340. The maximum absolute atomic E-state index is 12.5. The van der Waals surface area contributed by atoms with Crippen LogP contribution in [0.4, 0.5) is 18.9 Å². The third-order valence-electron chi connectivity index (χ3n) is 2.13. The van der Waals surface area contributed by atoms with Crippen LogP contribution in [0.2, 0.25) is 0 Å². The van der Waals surface area contributed by atoms with Gasteiger partial charge in [-0.15, -0.1) is 0 Å². The summed E-state index contributed by atoms with van der Waals surface area (Å²) in [6.07, 6.45) is -4.02. The van der Waals surface area contributed by atoms with E-state index in [4.69, 9.17) is 5.26 Å². The van der Waals surface area contributed by atoms with Gasteiger partial charge in [0.05, 0.1) is 17.2 Å². The van der Waals surface area contributed by atoms with E-state index < -0.39 is 17.3 Å². The normalized spacial score (nSPS) is 10.6. The predicted molar refractivity (Wildman–Crippen MR) is 58.7 cm³/mol. The SMILES string of the molecule is N#Cc1cc(NCCNC=O)ccc1C(F)(F)F. The molecule has 0 unspecified atom stereocenters. The Balaban J connectivity index is 2.80. The third-order valence-corrected chi connectivity index (χ3v) is 2.13. The molecule has 0 aromatic heterocycles. The van der Waals surface area contributed by atoms with Crippen molar-refractivity contribution < 1.29 is 18.0 Å². The summed E-state index contributed by atoms with van der Waals surface area (Å²) < 4.78 is 37.5. The van der Waals surface area contributed by atoms with Crippen LogP contribution in [0.25, 0.3) is 0 Å². The zero-order valence-electron chi connectivity index (χ0n) is 9.21. The molecule has 1 aromatic rings. The van der Waals surface area contributed by atoms with Crippen molar-refractivity contribution in [1.29, 1.82) is 5.26 Å². The molecule has 4 nitrogen and oxygen atoms in total. The second kappa shape index (κ2) is 5.91. The molecule has 0 heterocycles. The van der Waals surface area contributed by atoms with E-state index in [1.54, 1.807) is 0 Å². The van der Waals surface area contributed by atoms with Gasteiger partial charge in [-0.1, -0.05) is 0 Å². The lowest BCUT2D eigenvalue weighted by Gasteiger charge is -2.11. The summed E-state index contributed by atoms with van der Waals surface area (Å²) >= 11 is 0. The number of nitriles is 1. The molecule has 7 heteroatoms. The minimum Gasteiger partial charge on any atom is -0.383 e. The van der Waals surface area contributed by atoms with Gasteiger partial charge in [0, 0.05) is 18.8 Å². The summed E-state index contributed by atoms with van der Waals surface area (Å²) in [6, 6.07) is 4.74. The van der Waals surface area contributed by atoms with Crippen molar-refractivity contribution in [3.63, 3.8) is 0 Å². The molecule has 1 aromatic carbocycles. The Morgan fingerprint density at radius 3 is 2.61 bits per heavy atom. The zero-order valence-corrected chi connectivity index (χ0v) is 9.21. The minimum atomic E-state index is -4.54. The molecule has 0 aliphatic carbocycles. The number of carbonyl (C=O) groups is 1. The lowest BCUT2D eigenvalue weighted by molar-refractivity contribution is -0.137. The maximum atomic E-state index is 12.5. The zero-order chi connectivity index (χ0) is 13.6. The van der Waals surface area contributed by atoms with Gasteiger partial charge in [0.2, 0.25) is 6.41 Å². The molecule has 0 aliphatic rings. The molecule has 96 valence electrons. The summed E-state index contributed by atoms with van der Waals surface area (Å²) in [5.74, 6) is 0. The lowest BCUT2D eigenvalue weighted by atomic mass is 10.1. The monoisotopic (exact) mass is 257 g/mol. The van der Waals surface area contributed by atoms with E-state index in [0.29, 0.717) is 25.2 Å². The Hall–Kier alpha value is -2.23. The number of rotatable bonds is 5. The van der Waals surface area contributed by atoms with Gasteiger partial charge in [0.15, 0.2) is 0 Å². The van der Waals surface area contributed by atoms with Gasteiger partial charge in [-0.3, -0.25) is 4.79 Å². The number of halogens is 3. The van der Waals surface area contributed by atoms with Crippen LogP contribution in [0.1, 0.15) is 11.1 Å². The van der Waals surface area contributed by atoms with Crippen molar-refractivity contribution in [2.24, 2.45) is 0 Å². The highest BCUT2D eigenvalue weighted by Crippen LogP contribution is 2.32. The number of hydrogen-bond donors (Lipinski definition) is 2. The van der Waals surface area contributed by atoms with E-state index in [2.05, 4.69) is 10.6 Å². The summed E-state index contributed by atoms with van der Waals surface area (Å²) in [5, 5.41) is 13.9. The molecule has 0 bridgehead atoms. The summed E-state index contributed by atoms with van der Waals surface area (Å²) in [6.45, 7) is 0.696. The van der Waals surface area contributed by atoms with Crippen molar-refractivity contribution in [1.82, 2.24) is 5.32 Å². The van der Waals surface area contributed by atoms with Crippen LogP contribution in [0.3, 0.4) is 0 Å². The topological polar surface area (TPSA) is 64.9 Å². The largest absolute Gasteiger partial charge is 0.417 e. The van der Waals surface area contributed by atoms with E-state index in [-0.39, 0.29) is 0 Å². The van der Waals surface area contributed by atoms with Crippen LogP contribution in [-0.4, -0.2) is 19.5 Å². The number of alkyl halides is 3. The van der Waals surface area contributed by atoms with Gasteiger partial charge < -0.3 is 10.6 Å². The Labute approximate surface area is 101 Å². The van der Waals surface area contributed by atoms with Crippen LogP contribution in [0, 0.1) is 11.3 Å². The summed E-state index contributed by atoms with van der Waals surface area (Å²) in [4.78, 5) is 9.96. The highest BCUT2D eigenvalue weighted by Gasteiger charge is 2.33. The molecular formula is C11H10F3N3O. The van der Waals surface area contributed by atoms with Crippen molar-refractivity contribution >= 4 is 12.1 Å². The molecule has 1 amide bonds. The molecule has 0 saturated heterocycles. The smallest absolute Gasteiger partial charge is 0.383 e. The number of nitrogens with one attached hydrogen (secondary N) is 2. The highest BCUT2D eigenvalue weighted by atomic mass is 19.4. The van der Waals surface area contributed by atoms with E-state index in [1.807, 2.05) is 0 Å². The van der Waals surface area contributed by atoms with Gasteiger partial charge in [0.1, 0.15) is 0 Å². The quantitative estimate of drug-likeness (QED) is 0.623. The number of nitrogens with zero attached hydrogens (tertiary/aromatic N) is 1. The van der Waals surface area contributed by atoms with Gasteiger partial charge in [0.25, 0.3) is 0 Å². The van der Waals surface area contributed by atoms with Gasteiger partial charge >= 0.3 is 6.18 Å². The second-order valence-electron chi connectivity index (χ2n) is 3.37. The van der Waals surface area contributed by atoms with Crippen molar-refractivity contribution in [3.8, 4) is 6.07 Å². The maximum Gasteiger partial charge on any atom is 0.417 e. The van der Waals surface area contributed by atoms with Crippen molar-refractivity contribution in [2.45, 2.75) is 6.18 Å². The van der Waals surface area contributed by atoms with Gasteiger partial charge in [-0.05, 0) is 18.2 Å². The average molecular weight is 257 g/mol. The number of hydrogen-bond acceptors (Lipinski definition) is 3. The Kier molecular flexibility index (Phi) is 4.54. The average Bonchev–Trinajstić information content (AvgIpc) is 2.33. The molecule has 0 fully saturated rings. The molecule has 0 aliphatic heterocycles. The number of amides is 1. The summed E-state index contributed by atoms with van der Waals surface area (Å²) in [5.41, 5.74) is -0.996. The van der Waals surface area contributed by atoms with E-state index in [9.17, 15) is 18.0 Å². The van der Waals surface area contributed by atoms with Crippen LogP contribution >= 0.6 is 0 Å². The van der Waals surface area contributed by atoms with E-state index in [0.717, 1.165) is 12.1 Å². The van der Waals surface area contributed by atoms with Crippen LogP contribution < -0.4 is 10.6 Å². The van der Waals surface area contributed by atoms with Gasteiger partial charge in [-0.2, -0.15) is 18.4 Å². The van der Waals surface area contributed by atoms with Crippen molar-refractivity contribution in [2.75, 3.05) is 18.4 Å². The molecular weight excluding hydrogens is 247 g/mol. The molecule has 0 atom stereocenters. The van der Waals surface area contributed by atoms with Crippen LogP contribution in [-0.2, 0) is 11.0 Å². The lowest BCUT2D eigenvalue weighted by Crippen LogP contribution is -2.20. The number of anilines is 1. The first-order valence-corrected chi connectivity index (χ1v) is 5.01.